The van der Waals surface area contributed by atoms with Crippen LogP contribution >= 0.6 is 12.6 Å². The number of hydrogen-bond donors (Lipinski definition) is 2. The molecule has 26 heavy (non-hydrogen) atoms. The third kappa shape index (κ3) is 3.70. The minimum absolute atomic E-state index is 0.0305. The average Bonchev–Trinajstić information content (AvgIpc) is 2.97. The molecule has 0 saturated carbocycles. The Morgan fingerprint density at radius 3 is 2.50 bits per heavy atom. The Labute approximate surface area is 150 Å². The molecule has 0 saturated heterocycles. The summed E-state index contributed by atoms with van der Waals surface area (Å²) in [5.41, 5.74) is 0.416. The van der Waals surface area contributed by atoms with Crippen LogP contribution in [-0.2, 0) is 6.54 Å². The lowest BCUT2D eigenvalue weighted by Gasteiger charge is -2.12. The number of aliphatic hydroxyl groups excluding tert-OH is 1. The fraction of sp³-hybridized carbons (Fsp3) is 0.250. The van der Waals surface area contributed by atoms with Crippen LogP contribution in [0.2, 0.25) is 0 Å². The number of benzene rings is 1. The predicted molar refractivity (Wildman–Crippen MR) is 91.2 cm³/mol. The minimum Gasteiger partial charge on any atom is -0.484 e. The molecule has 0 aliphatic heterocycles. The number of fused-ring (bicyclic) bond motifs is 1. The molecular formula is C16H14F3N3O3S. The van der Waals surface area contributed by atoms with Gasteiger partial charge in [0.25, 0.3) is 5.56 Å². The Morgan fingerprint density at radius 2 is 1.88 bits per heavy atom. The summed E-state index contributed by atoms with van der Waals surface area (Å²) >= 11 is 4.25. The Bertz CT molecular complexity index is 981. The molecule has 0 aliphatic carbocycles. The van der Waals surface area contributed by atoms with E-state index in [4.69, 9.17) is 5.11 Å². The van der Waals surface area contributed by atoms with Gasteiger partial charge in [-0.2, -0.15) is 13.2 Å². The normalized spacial score (nSPS) is 11.9. The molecule has 10 heteroatoms. The number of nitrogens with zero attached hydrogens (tertiary/aromatic N) is 3. The predicted octanol–water partition coefficient (Wildman–Crippen LogP) is 2.41. The maximum atomic E-state index is 12.7. The van der Waals surface area contributed by atoms with E-state index in [9.17, 15) is 18.0 Å². The van der Waals surface area contributed by atoms with Crippen molar-refractivity contribution in [3.63, 3.8) is 0 Å². The largest absolute Gasteiger partial charge is 0.484 e. The summed E-state index contributed by atoms with van der Waals surface area (Å²) in [4.78, 5) is 17.0. The SMILES string of the molecule is O=c1c2ccn(CCO)c2nc(S)n1-c1ccc(OCC(F)(F)F)cc1. The molecule has 2 heterocycles. The molecule has 0 spiro atoms. The van der Waals surface area contributed by atoms with Crippen LogP contribution in [0.15, 0.2) is 46.5 Å². The van der Waals surface area contributed by atoms with Gasteiger partial charge in [0.1, 0.15) is 11.4 Å². The molecule has 0 fully saturated rings. The van der Waals surface area contributed by atoms with Crippen molar-refractivity contribution in [3.05, 3.63) is 46.9 Å². The third-order valence-electron chi connectivity index (χ3n) is 3.61. The first-order chi connectivity index (χ1) is 12.3. The van der Waals surface area contributed by atoms with Crippen molar-refractivity contribution in [2.24, 2.45) is 0 Å². The van der Waals surface area contributed by atoms with E-state index in [1.54, 1.807) is 16.8 Å². The fourth-order valence-corrected chi connectivity index (χ4v) is 2.79. The van der Waals surface area contributed by atoms with Crippen molar-refractivity contribution in [1.29, 1.82) is 0 Å². The molecule has 0 bridgehead atoms. The van der Waals surface area contributed by atoms with Gasteiger partial charge in [-0.15, -0.1) is 12.6 Å². The van der Waals surface area contributed by atoms with E-state index >= 15 is 0 Å². The Morgan fingerprint density at radius 1 is 1.19 bits per heavy atom. The van der Waals surface area contributed by atoms with Gasteiger partial charge in [0.05, 0.1) is 17.7 Å². The van der Waals surface area contributed by atoms with Crippen molar-refractivity contribution < 1.29 is 23.0 Å². The molecule has 0 aliphatic rings. The van der Waals surface area contributed by atoms with Crippen molar-refractivity contribution in [3.8, 4) is 11.4 Å². The van der Waals surface area contributed by atoms with Crippen molar-refractivity contribution in [2.45, 2.75) is 17.9 Å². The van der Waals surface area contributed by atoms with Crippen LogP contribution in [0, 0.1) is 0 Å². The fourth-order valence-electron chi connectivity index (χ4n) is 2.49. The van der Waals surface area contributed by atoms with Crippen molar-refractivity contribution >= 4 is 23.7 Å². The molecule has 0 unspecified atom stereocenters. The zero-order valence-corrected chi connectivity index (χ0v) is 14.2. The van der Waals surface area contributed by atoms with Crippen LogP contribution < -0.4 is 10.3 Å². The lowest BCUT2D eigenvalue weighted by Crippen LogP contribution is -2.21. The lowest BCUT2D eigenvalue weighted by atomic mass is 10.3. The van der Waals surface area contributed by atoms with E-state index in [2.05, 4.69) is 22.3 Å². The quantitative estimate of drug-likeness (QED) is 0.523. The molecule has 1 aromatic carbocycles. The number of ether oxygens (including phenoxy) is 1. The molecule has 0 atom stereocenters. The summed E-state index contributed by atoms with van der Waals surface area (Å²) in [5.74, 6) is 0.0305. The van der Waals surface area contributed by atoms with E-state index in [1.807, 2.05) is 0 Å². The summed E-state index contributed by atoms with van der Waals surface area (Å²) in [5, 5.41) is 9.51. The first-order valence-electron chi connectivity index (χ1n) is 7.52. The zero-order valence-electron chi connectivity index (χ0n) is 13.3. The molecule has 138 valence electrons. The standard InChI is InChI=1S/C16H14F3N3O3S/c17-16(18,19)9-25-11-3-1-10(2-4-11)22-14(24)12-5-6-21(7-8-23)13(12)20-15(22)26/h1-6,23H,7-9H2,(H,20,26). The molecule has 2 aromatic heterocycles. The van der Waals surface area contributed by atoms with Crippen LogP contribution in [0.4, 0.5) is 13.2 Å². The maximum Gasteiger partial charge on any atom is 0.422 e. The van der Waals surface area contributed by atoms with Gasteiger partial charge in [0, 0.05) is 12.7 Å². The van der Waals surface area contributed by atoms with Crippen LogP contribution in [0.5, 0.6) is 5.75 Å². The highest BCUT2D eigenvalue weighted by atomic mass is 32.1. The maximum absolute atomic E-state index is 12.7. The molecular weight excluding hydrogens is 371 g/mol. The first-order valence-corrected chi connectivity index (χ1v) is 7.96. The van der Waals surface area contributed by atoms with Gasteiger partial charge in [-0.1, -0.05) is 0 Å². The third-order valence-corrected chi connectivity index (χ3v) is 3.91. The highest BCUT2D eigenvalue weighted by Crippen LogP contribution is 2.21. The van der Waals surface area contributed by atoms with Crippen LogP contribution in [0.1, 0.15) is 0 Å². The van der Waals surface area contributed by atoms with E-state index in [0.29, 0.717) is 23.3 Å². The van der Waals surface area contributed by atoms with Gasteiger partial charge >= 0.3 is 6.18 Å². The molecule has 0 radical (unpaired) electrons. The summed E-state index contributed by atoms with van der Waals surface area (Å²) in [7, 11) is 0. The number of halogens is 3. The number of thiol groups is 1. The highest BCUT2D eigenvalue weighted by molar-refractivity contribution is 7.80. The molecule has 1 N–H and O–H groups in total. The van der Waals surface area contributed by atoms with E-state index in [0.717, 1.165) is 0 Å². The van der Waals surface area contributed by atoms with Crippen LogP contribution in [0.3, 0.4) is 0 Å². The Balaban J connectivity index is 1.96. The second-order valence-corrected chi connectivity index (χ2v) is 5.82. The van der Waals surface area contributed by atoms with Gasteiger partial charge in [-0.05, 0) is 30.3 Å². The van der Waals surface area contributed by atoms with E-state index in [1.165, 1.54) is 28.8 Å². The van der Waals surface area contributed by atoms with E-state index in [-0.39, 0.29) is 23.1 Å². The zero-order chi connectivity index (χ0) is 18.9. The molecule has 3 rings (SSSR count). The lowest BCUT2D eigenvalue weighted by molar-refractivity contribution is -0.153. The van der Waals surface area contributed by atoms with Crippen molar-refractivity contribution in [1.82, 2.24) is 14.1 Å². The van der Waals surface area contributed by atoms with Crippen LogP contribution in [-0.4, -0.2) is 38.6 Å². The van der Waals surface area contributed by atoms with Gasteiger partial charge < -0.3 is 14.4 Å². The molecule has 6 nitrogen and oxygen atoms in total. The Hall–Kier alpha value is -2.46. The van der Waals surface area contributed by atoms with E-state index < -0.39 is 12.8 Å². The number of aliphatic hydroxyl groups is 1. The number of aromatic nitrogens is 3. The second-order valence-electron chi connectivity index (χ2n) is 5.42. The average molecular weight is 385 g/mol. The van der Waals surface area contributed by atoms with Gasteiger partial charge in [0.2, 0.25) is 0 Å². The topological polar surface area (TPSA) is 69.3 Å². The molecule has 0 amide bonds. The smallest absolute Gasteiger partial charge is 0.422 e. The number of rotatable bonds is 5. The number of hydrogen-bond acceptors (Lipinski definition) is 5. The number of alkyl halides is 3. The van der Waals surface area contributed by atoms with Crippen molar-refractivity contribution in [2.75, 3.05) is 13.2 Å². The van der Waals surface area contributed by atoms with Crippen LogP contribution in [0.25, 0.3) is 16.7 Å². The monoisotopic (exact) mass is 385 g/mol. The summed E-state index contributed by atoms with van der Waals surface area (Å²) in [6.45, 7) is -1.20. The summed E-state index contributed by atoms with van der Waals surface area (Å²) in [6, 6.07) is 7.16. The Kier molecular flexibility index (Phi) is 4.97. The molecule has 3 aromatic rings. The van der Waals surface area contributed by atoms with Gasteiger partial charge in [-0.25, -0.2) is 4.98 Å². The second kappa shape index (κ2) is 7.04. The summed E-state index contributed by atoms with van der Waals surface area (Å²) in [6.07, 6.45) is -2.79. The summed E-state index contributed by atoms with van der Waals surface area (Å²) < 4.78 is 44.1. The highest BCUT2D eigenvalue weighted by Gasteiger charge is 2.28. The minimum atomic E-state index is -4.43. The van der Waals surface area contributed by atoms with Gasteiger partial charge in [-0.3, -0.25) is 9.36 Å². The van der Waals surface area contributed by atoms with Gasteiger partial charge in [0.15, 0.2) is 11.8 Å². The first kappa shape index (κ1) is 18.3.